The van der Waals surface area contributed by atoms with E-state index in [0.717, 1.165) is 43.7 Å². The maximum atomic E-state index is 12.3. The average molecular weight is 452 g/mol. The molecule has 2 unspecified atom stereocenters. The third-order valence-electron chi connectivity index (χ3n) is 4.94. The van der Waals surface area contributed by atoms with Gasteiger partial charge in [0, 0.05) is 37.0 Å². The van der Waals surface area contributed by atoms with Gasteiger partial charge >= 0.3 is 12.1 Å². The molecule has 0 radical (unpaired) electrons. The van der Waals surface area contributed by atoms with E-state index in [1.807, 2.05) is 12.1 Å². The van der Waals surface area contributed by atoms with Crippen molar-refractivity contribution in [3.8, 4) is 17.1 Å². The largest absolute Gasteiger partial charge is 0.490 e. The van der Waals surface area contributed by atoms with Crippen LogP contribution in [-0.4, -0.2) is 58.4 Å². The molecule has 1 amide bonds. The molecule has 1 fully saturated rings. The molecular weight excluding hydrogens is 429 g/mol. The normalized spacial score (nSPS) is 19.8. The number of aromatic nitrogens is 2. The summed E-state index contributed by atoms with van der Waals surface area (Å²) in [4.78, 5) is 30.0. The Morgan fingerprint density at radius 1 is 1.25 bits per heavy atom. The van der Waals surface area contributed by atoms with E-state index in [0.29, 0.717) is 11.4 Å². The second kappa shape index (κ2) is 9.94. The van der Waals surface area contributed by atoms with E-state index in [2.05, 4.69) is 33.6 Å². The summed E-state index contributed by atoms with van der Waals surface area (Å²) in [5, 5.41) is 13.4. The number of ether oxygens (including phenoxy) is 1. The molecule has 3 heterocycles. The number of hydrogen-bond acceptors (Lipinski definition) is 6. The summed E-state index contributed by atoms with van der Waals surface area (Å²) in [6.45, 7) is 3.90. The van der Waals surface area contributed by atoms with Crippen molar-refractivity contribution in [1.29, 1.82) is 0 Å². The quantitative estimate of drug-likeness (QED) is 0.656. The van der Waals surface area contributed by atoms with Gasteiger partial charge < -0.3 is 20.5 Å². The van der Waals surface area contributed by atoms with Crippen LogP contribution in [0, 0.1) is 0 Å². The number of halogens is 3. The first-order valence-corrected chi connectivity index (χ1v) is 10.1. The van der Waals surface area contributed by atoms with E-state index in [9.17, 15) is 18.0 Å². The molecule has 32 heavy (non-hydrogen) atoms. The highest BCUT2D eigenvalue weighted by Crippen LogP contribution is 2.31. The lowest BCUT2D eigenvalue weighted by molar-refractivity contribution is -0.192. The van der Waals surface area contributed by atoms with Crippen molar-refractivity contribution in [1.82, 2.24) is 20.6 Å². The van der Waals surface area contributed by atoms with E-state index in [4.69, 9.17) is 14.6 Å². The monoisotopic (exact) mass is 452 g/mol. The van der Waals surface area contributed by atoms with E-state index in [1.165, 1.54) is 5.56 Å². The van der Waals surface area contributed by atoms with Crippen molar-refractivity contribution in [2.45, 2.75) is 44.5 Å². The number of carbonyl (C=O) groups excluding carboxylic acids is 1. The van der Waals surface area contributed by atoms with Gasteiger partial charge in [0.1, 0.15) is 11.9 Å². The number of piperidine rings is 1. The van der Waals surface area contributed by atoms with Crippen LogP contribution >= 0.6 is 0 Å². The number of nitrogens with one attached hydrogen (secondary N) is 2. The smallest absolute Gasteiger partial charge is 0.490 e. The van der Waals surface area contributed by atoms with Gasteiger partial charge in [0.25, 0.3) is 5.91 Å². The number of carboxylic acids is 1. The molecule has 11 heteroatoms. The number of carboxylic acid groups (broad SMARTS) is 1. The Kier molecular flexibility index (Phi) is 7.29. The summed E-state index contributed by atoms with van der Waals surface area (Å²) in [6, 6.07) is 6.18. The van der Waals surface area contributed by atoms with Crippen LogP contribution in [0.15, 0.2) is 30.6 Å². The van der Waals surface area contributed by atoms with Crippen molar-refractivity contribution in [2.24, 2.45) is 0 Å². The molecule has 8 nitrogen and oxygen atoms in total. The Morgan fingerprint density at radius 2 is 1.94 bits per heavy atom. The van der Waals surface area contributed by atoms with Gasteiger partial charge in [-0.05, 0) is 50.1 Å². The number of alkyl halides is 3. The lowest BCUT2D eigenvalue weighted by atomic mass is 10.1. The predicted molar refractivity (Wildman–Crippen MR) is 108 cm³/mol. The number of rotatable bonds is 3. The van der Waals surface area contributed by atoms with Gasteiger partial charge in [-0.25, -0.2) is 14.8 Å². The standard InChI is InChI=1S/C19H22N4O2.C2HF3O2/c1-12-7-14-8-13(4-5-17(14)25-12)18-21-9-15(10-22-18)19(24)23-16-3-2-6-20-11-16;3-2(4,5)1(6)7/h4-5,8-10,12,16,20H,2-3,6-7,11H2,1H3,(H,23,24);(H,6,7). The van der Waals surface area contributed by atoms with E-state index >= 15 is 0 Å². The fraction of sp³-hybridized carbons (Fsp3) is 0.429. The van der Waals surface area contributed by atoms with E-state index in [-0.39, 0.29) is 18.1 Å². The molecule has 2 aliphatic heterocycles. The van der Waals surface area contributed by atoms with Gasteiger partial charge in [-0.15, -0.1) is 0 Å². The average Bonchev–Trinajstić information content (AvgIpc) is 3.13. The van der Waals surface area contributed by atoms with E-state index in [1.54, 1.807) is 12.4 Å². The molecule has 1 aromatic carbocycles. The SMILES string of the molecule is CC1Cc2cc(-c3ncc(C(=O)NC4CCCNC4)cn3)ccc2O1.O=C(O)C(F)(F)F. The zero-order valence-corrected chi connectivity index (χ0v) is 17.3. The Labute approximate surface area is 182 Å². The molecule has 1 saturated heterocycles. The van der Waals surface area contributed by atoms with Gasteiger partial charge in [0.05, 0.1) is 5.56 Å². The predicted octanol–water partition coefficient (Wildman–Crippen LogP) is 2.58. The number of nitrogens with zero attached hydrogens (tertiary/aromatic N) is 2. The van der Waals surface area contributed by atoms with Crippen LogP contribution in [0.25, 0.3) is 11.4 Å². The molecule has 0 spiro atoms. The van der Waals surface area contributed by atoms with Crippen LogP contribution in [0.4, 0.5) is 13.2 Å². The summed E-state index contributed by atoms with van der Waals surface area (Å²) < 4.78 is 37.5. The highest BCUT2D eigenvalue weighted by Gasteiger charge is 2.38. The molecule has 1 aromatic heterocycles. The topological polar surface area (TPSA) is 113 Å². The molecule has 3 N–H and O–H groups in total. The zero-order valence-electron chi connectivity index (χ0n) is 17.3. The zero-order chi connectivity index (χ0) is 23.3. The molecular formula is C21H23F3N4O4. The Morgan fingerprint density at radius 3 is 2.53 bits per heavy atom. The number of benzene rings is 1. The van der Waals surface area contributed by atoms with Gasteiger partial charge in [0.15, 0.2) is 5.82 Å². The summed E-state index contributed by atoms with van der Waals surface area (Å²) >= 11 is 0. The van der Waals surface area contributed by atoms with Gasteiger partial charge in [-0.3, -0.25) is 4.79 Å². The molecule has 0 saturated carbocycles. The summed E-state index contributed by atoms with van der Waals surface area (Å²) in [6.07, 6.45) is 1.32. The number of hydrogen-bond donors (Lipinski definition) is 3. The first kappa shape index (κ1) is 23.5. The Balaban J connectivity index is 0.000000360. The van der Waals surface area contributed by atoms with Crippen molar-refractivity contribution >= 4 is 11.9 Å². The van der Waals surface area contributed by atoms with Gasteiger partial charge in [0.2, 0.25) is 0 Å². The third-order valence-corrected chi connectivity index (χ3v) is 4.94. The Bertz CT molecular complexity index is 961. The first-order valence-electron chi connectivity index (χ1n) is 10.1. The van der Waals surface area contributed by atoms with E-state index < -0.39 is 12.1 Å². The van der Waals surface area contributed by atoms with Gasteiger partial charge in [-0.2, -0.15) is 13.2 Å². The van der Waals surface area contributed by atoms with Crippen LogP contribution in [-0.2, 0) is 11.2 Å². The van der Waals surface area contributed by atoms with Crippen molar-refractivity contribution in [3.63, 3.8) is 0 Å². The van der Waals surface area contributed by atoms with Crippen LogP contribution in [0.3, 0.4) is 0 Å². The first-order chi connectivity index (χ1) is 15.1. The fourth-order valence-electron chi connectivity index (χ4n) is 3.40. The van der Waals surface area contributed by atoms with Crippen molar-refractivity contribution in [2.75, 3.05) is 13.1 Å². The minimum absolute atomic E-state index is 0.114. The summed E-state index contributed by atoms with van der Waals surface area (Å²) in [5.74, 6) is -1.31. The minimum atomic E-state index is -5.08. The number of fused-ring (bicyclic) bond motifs is 1. The molecule has 2 aliphatic rings. The lowest BCUT2D eigenvalue weighted by Gasteiger charge is -2.23. The number of aliphatic carboxylic acids is 1. The molecule has 2 aromatic rings. The molecule has 0 aliphatic carbocycles. The van der Waals surface area contributed by atoms with Crippen LogP contribution < -0.4 is 15.4 Å². The number of carbonyl (C=O) groups is 2. The van der Waals surface area contributed by atoms with Crippen molar-refractivity contribution in [3.05, 3.63) is 41.7 Å². The van der Waals surface area contributed by atoms with Crippen LogP contribution in [0.5, 0.6) is 5.75 Å². The highest BCUT2D eigenvalue weighted by atomic mass is 19.4. The second-order valence-electron chi connectivity index (χ2n) is 7.57. The second-order valence-corrected chi connectivity index (χ2v) is 7.57. The highest BCUT2D eigenvalue weighted by molar-refractivity contribution is 5.93. The van der Waals surface area contributed by atoms with Crippen molar-refractivity contribution < 1.29 is 32.6 Å². The summed E-state index contributed by atoms with van der Waals surface area (Å²) in [7, 11) is 0. The molecule has 0 bridgehead atoms. The lowest BCUT2D eigenvalue weighted by Crippen LogP contribution is -2.45. The molecule has 2 atom stereocenters. The van der Waals surface area contributed by atoms with Gasteiger partial charge in [-0.1, -0.05) is 0 Å². The summed E-state index contributed by atoms with van der Waals surface area (Å²) in [5.41, 5.74) is 2.62. The Hall–Kier alpha value is -3.21. The maximum absolute atomic E-state index is 12.3. The molecule has 4 rings (SSSR count). The minimum Gasteiger partial charge on any atom is -0.490 e. The number of amides is 1. The van der Waals surface area contributed by atoms with Crippen LogP contribution in [0.1, 0.15) is 35.7 Å². The molecule has 172 valence electrons. The maximum Gasteiger partial charge on any atom is 0.490 e. The van der Waals surface area contributed by atoms with Crippen LogP contribution in [0.2, 0.25) is 0 Å². The fourth-order valence-corrected chi connectivity index (χ4v) is 3.40. The third kappa shape index (κ3) is 6.16.